The van der Waals surface area contributed by atoms with Crippen molar-refractivity contribution in [3.8, 4) is 5.75 Å². The van der Waals surface area contributed by atoms with Crippen molar-refractivity contribution in [2.45, 2.75) is 59.0 Å². The molecule has 1 aromatic carbocycles. The minimum absolute atomic E-state index is 0.364. The molecule has 0 unspecified atom stereocenters. The predicted octanol–water partition coefficient (Wildman–Crippen LogP) is 6.42. The first kappa shape index (κ1) is 20.5. The smallest absolute Gasteiger partial charge is 0.119 e. The summed E-state index contributed by atoms with van der Waals surface area (Å²) < 4.78 is 12.0. The van der Waals surface area contributed by atoms with Crippen molar-refractivity contribution in [1.29, 1.82) is 0 Å². The van der Waals surface area contributed by atoms with Crippen molar-refractivity contribution < 1.29 is 9.47 Å². The van der Waals surface area contributed by atoms with Crippen LogP contribution in [0.15, 0.2) is 60.2 Å². The van der Waals surface area contributed by atoms with E-state index in [0.29, 0.717) is 18.6 Å². The minimum Gasteiger partial charge on any atom is -0.493 e. The molecule has 2 nitrogen and oxygen atoms in total. The molecule has 0 radical (unpaired) electrons. The summed E-state index contributed by atoms with van der Waals surface area (Å²) in [6.45, 7) is 11.9. The largest absolute Gasteiger partial charge is 0.493 e. The maximum atomic E-state index is 6.05. The molecule has 0 N–H and O–H groups in total. The van der Waals surface area contributed by atoms with Crippen LogP contribution in [0.3, 0.4) is 0 Å². The van der Waals surface area contributed by atoms with E-state index in [4.69, 9.17) is 9.47 Å². The van der Waals surface area contributed by atoms with E-state index in [9.17, 15) is 0 Å². The Morgan fingerprint density at radius 1 is 1.12 bits per heavy atom. The summed E-state index contributed by atoms with van der Waals surface area (Å²) in [6.07, 6.45) is 12.4. The van der Waals surface area contributed by atoms with E-state index >= 15 is 0 Å². The summed E-state index contributed by atoms with van der Waals surface area (Å²) in [5.41, 5.74) is 3.59. The van der Waals surface area contributed by atoms with E-state index in [1.54, 1.807) is 0 Å². The molecule has 26 heavy (non-hydrogen) atoms. The molecule has 1 aliphatic rings. The monoisotopic (exact) mass is 354 g/mol. The van der Waals surface area contributed by atoms with Gasteiger partial charge in [-0.2, -0.15) is 0 Å². The fourth-order valence-corrected chi connectivity index (χ4v) is 3.23. The van der Waals surface area contributed by atoms with Gasteiger partial charge in [-0.15, -0.1) is 0 Å². The highest BCUT2D eigenvalue weighted by Crippen LogP contribution is 2.27. The second-order valence-corrected chi connectivity index (χ2v) is 7.43. The van der Waals surface area contributed by atoms with Crippen molar-refractivity contribution in [2.75, 3.05) is 13.2 Å². The molecule has 0 atom stereocenters. The zero-order chi connectivity index (χ0) is 18.8. The predicted molar refractivity (Wildman–Crippen MR) is 111 cm³/mol. The summed E-state index contributed by atoms with van der Waals surface area (Å²) in [7, 11) is 0. The molecule has 2 rings (SSSR count). The van der Waals surface area contributed by atoms with Crippen molar-refractivity contribution in [2.24, 2.45) is 5.92 Å². The van der Waals surface area contributed by atoms with Gasteiger partial charge >= 0.3 is 0 Å². The molecule has 0 aromatic heterocycles. The van der Waals surface area contributed by atoms with Gasteiger partial charge in [-0.05, 0) is 69.6 Å². The molecule has 0 bridgehead atoms. The summed E-state index contributed by atoms with van der Waals surface area (Å²) in [5.74, 6) is 1.62. The van der Waals surface area contributed by atoms with E-state index in [1.165, 1.54) is 24.0 Å². The fourth-order valence-electron chi connectivity index (χ4n) is 3.23. The first-order valence-corrected chi connectivity index (χ1v) is 9.90. The first-order chi connectivity index (χ1) is 12.6. The van der Waals surface area contributed by atoms with Crippen LogP contribution in [0.4, 0.5) is 0 Å². The van der Waals surface area contributed by atoms with E-state index in [2.05, 4.69) is 69.8 Å². The maximum Gasteiger partial charge on any atom is 0.119 e. The van der Waals surface area contributed by atoms with Crippen LogP contribution in [0, 0.1) is 12.8 Å². The summed E-state index contributed by atoms with van der Waals surface area (Å²) in [6, 6.07) is 8.31. The van der Waals surface area contributed by atoms with Gasteiger partial charge in [0.15, 0.2) is 0 Å². The van der Waals surface area contributed by atoms with Gasteiger partial charge in [0, 0.05) is 0 Å². The lowest BCUT2D eigenvalue weighted by atomic mass is 9.88. The molecule has 1 fully saturated rings. The third-order valence-corrected chi connectivity index (χ3v) is 4.91. The molecule has 0 aliphatic heterocycles. The van der Waals surface area contributed by atoms with Crippen LogP contribution >= 0.6 is 0 Å². The van der Waals surface area contributed by atoms with Crippen LogP contribution in [0.5, 0.6) is 5.75 Å². The Balaban J connectivity index is 1.63. The van der Waals surface area contributed by atoms with Gasteiger partial charge in [-0.1, -0.05) is 55.0 Å². The lowest BCUT2D eigenvalue weighted by molar-refractivity contribution is 0.0259. The van der Waals surface area contributed by atoms with Crippen LogP contribution in [-0.2, 0) is 4.74 Å². The van der Waals surface area contributed by atoms with Crippen LogP contribution < -0.4 is 4.74 Å². The van der Waals surface area contributed by atoms with Gasteiger partial charge in [0.1, 0.15) is 5.75 Å². The van der Waals surface area contributed by atoms with Crippen molar-refractivity contribution >= 4 is 0 Å². The van der Waals surface area contributed by atoms with Crippen LogP contribution in [0.2, 0.25) is 0 Å². The lowest BCUT2D eigenvalue weighted by Crippen LogP contribution is -2.25. The normalized spacial score (nSPS) is 21.1. The van der Waals surface area contributed by atoms with Gasteiger partial charge in [-0.3, -0.25) is 0 Å². The Kier molecular flexibility index (Phi) is 8.70. The molecule has 0 spiro atoms. The Morgan fingerprint density at radius 3 is 2.46 bits per heavy atom. The van der Waals surface area contributed by atoms with Crippen LogP contribution in [0.1, 0.15) is 51.5 Å². The topological polar surface area (TPSA) is 18.5 Å². The Labute approximate surface area is 159 Å². The summed E-state index contributed by atoms with van der Waals surface area (Å²) in [4.78, 5) is 0. The molecule has 1 saturated carbocycles. The number of aryl methyl sites for hydroxylation is 1. The van der Waals surface area contributed by atoms with Gasteiger partial charge in [-0.25, -0.2) is 0 Å². The van der Waals surface area contributed by atoms with Crippen molar-refractivity contribution in [3.63, 3.8) is 0 Å². The second kappa shape index (κ2) is 11.0. The number of hydrogen-bond acceptors (Lipinski definition) is 2. The zero-order valence-electron chi connectivity index (χ0n) is 16.7. The highest BCUT2D eigenvalue weighted by Gasteiger charge is 2.22. The maximum absolute atomic E-state index is 6.05. The molecule has 0 saturated heterocycles. The number of rotatable bonds is 9. The molecule has 142 valence electrons. The quantitative estimate of drug-likeness (QED) is 0.476. The highest BCUT2D eigenvalue weighted by atomic mass is 16.5. The van der Waals surface area contributed by atoms with Gasteiger partial charge in [0.25, 0.3) is 0 Å². The van der Waals surface area contributed by atoms with E-state index < -0.39 is 0 Å². The molecule has 1 aromatic rings. The average Bonchev–Trinajstić information content (AvgIpc) is 2.65. The molecule has 0 amide bonds. The Bertz CT molecular complexity index is 602. The summed E-state index contributed by atoms with van der Waals surface area (Å²) >= 11 is 0. The van der Waals surface area contributed by atoms with Gasteiger partial charge in [0.2, 0.25) is 0 Å². The van der Waals surface area contributed by atoms with E-state index in [1.807, 2.05) is 0 Å². The molecule has 0 heterocycles. The Morgan fingerprint density at radius 2 is 1.81 bits per heavy atom. The first-order valence-electron chi connectivity index (χ1n) is 9.90. The van der Waals surface area contributed by atoms with Crippen molar-refractivity contribution in [3.05, 3.63) is 65.8 Å². The van der Waals surface area contributed by atoms with E-state index in [-0.39, 0.29) is 0 Å². The zero-order valence-corrected chi connectivity index (χ0v) is 16.7. The standard InChI is InChI=1S/C24H34O2/c1-5-6-19(2)7-8-21(4)17-25-24-15-11-22(12-16-24)18-26-23-13-9-20(3)10-14-23/h6-10,13-14,22,24H,4-5,11-12,15-18H2,1-3H3/b8-7-,19-6-. The van der Waals surface area contributed by atoms with Gasteiger partial charge < -0.3 is 9.47 Å². The Hall–Kier alpha value is -1.80. The highest BCUT2D eigenvalue weighted by molar-refractivity contribution is 5.26. The number of hydrogen-bond donors (Lipinski definition) is 0. The summed E-state index contributed by atoms with van der Waals surface area (Å²) in [5, 5.41) is 0. The van der Waals surface area contributed by atoms with Crippen LogP contribution in [-0.4, -0.2) is 19.3 Å². The van der Waals surface area contributed by atoms with Gasteiger partial charge in [0.05, 0.1) is 19.3 Å². The third kappa shape index (κ3) is 7.61. The van der Waals surface area contributed by atoms with Crippen LogP contribution in [0.25, 0.3) is 0 Å². The fraction of sp³-hybridized carbons (Fsp3) is 0.500. The molecular weight excluding hydrogens is 320 g/mol. The number of allylic oxidation sites excluding steroid dienone is 3. The van der Waals surface area contributed by atoms with E-state index in [0.717, 1.165) is 37.2 Å². The van der Waals surface area contributed by atoms with Crippen molar-refractivity contribution in [1.82, 2.24) is 0 Å². The molecule has 1 aliphatic carbocycles. The third-order valence-electron chi connectivity index (χ3n) is 4.91. The average molecular weight is 355 g/mol. The number of ether oxygens (including phenoxy) is 2. The molecular formula is C24H34O2. The number of benzene rings is 1. The molecule has 2 heteroatoms. The minimum atomic E-state index is 0.364. The second-order valence-electron chi connectivity index (χ2n) is 7.43. The lowest BCUT2D eigenvalue weighted by Gasteiger charge is -2.28. The SMILES string of the molecule is C=C(/C=C\C(C)=C/CC)COC1CCC(COc2ccc(C)cc2)CC1.